The van der Waals surface area contributed by atoms with Crippen LogP contribution in [-0.4, -0.2) is 24.6 Å². The van der Waals surface area contributed by atoms with Crippen LogP contribution >= 0.6 is 0 Å². The molecule has 10 heteroatoms. The van der Waals surface area contributed by atoms with Gasteiger partial charge in [-0.05, 0) is 16.0 Å². The number of aromatic nitrogens is 3. The molecule has 0 unspecified atom stereocenters. The van der Waals surface area contributed by atoms with Crippen LogP contribution in [0.3, 0.4) is 0 Å². The van der Waals surface area contributed by atoms with Crippen molar-refractivity contribution < 1.29 is 14.6 Å². The molecular weight excluding hydrogens is 258 g/mol. The van der Waals surface area contributed by atoms with Crippen molar-refractivity contribution in [2.75, 3.05) is 0 Å². The van der Waals surface area contributed by atoms with Crippen LogP contribution in [0, 0.1) is 20.2 Å². The third-order valence-electron chi connectivity index (χ3n) is 2.11. The van der Waals surface area contributed by atoms with E-state index >= 15 is 0 Å². The first-order valence-electron chi connectivity index (χ1n) is 4.95. The molecule has 0 N–H and O–H groups in total. The predicted octanol–water partition coefficient (Wildman–Crippen LogP) is 1.42. The second-order valence-electron chi connectivity index (χ2n) is 3.43. The fraction of sp³-hybridized carbons (Fsp3) is 0.111. The van der Waals surface area contributed by atoms with Gasteiger partial charge in [0.2, 0.25) is 0 Å². The molecule has 2 aromatic rings. The summed E-state index contributed by atoms with van der Waals surface area (Å²) in [5.41, 5.74) is -0.158. The molecule has 0 saturated carbocycles. The molecule has 0 aliphatic heterocycles. The summed E-state index contributed by atoms with van der Waals surface area (Å²) in [6.45, 7) is 0. The van der Waals surface area contributed by atoms with E-state index in [0.29, 0.717) is 0 Å². The molecule has 0 bridgehead atoms. The normalized spacial score (nSPS) is 10.2. The van der Waals surface area contributed by atoms with Gasteiger partial charge in [0.05, 0.1) is 18.0 Å². The van der Waals surface area contributed by atoms with Crippen LogP contribution in [-0.2, 0) is 7.05 Å². The lowest BCUT2D eigenvalue weighted by Gasteiger charge is -1.99. The molecular formula is C9H7N5O5. The molecule has 98 valence electrons. The van der Waals surface area contributed by atoms with E-state index in [0.717, 1.165) is 4.68 Å². The lowest BCUT2D eigenvalue weighted by Crippen LogP contribution is -1.96. The summed E-state index contributed by atoms with van der Waals surface area (Å²) in [6, 6.07) is 5.24. The van der Waals surface area contributed by atoms with Crippen molar-refractivity contribution in [3.63, 3.8) is 0 Å². The molecule has 19 heavy (non-hydrogen) atoms. The van der Waals surface area contributed by atoms with Crippen LogP contribution in [0.25, 0.3) is 0 Å². The number of hydrogen-bond donors (Lipinski definition) is 0. The van der Waals surface area contributed by atoms with Gasteiger partial charge < -0.3 is 14.9 Å². The Morgan fingerprint density at radius 3 is 2.58 bits per heavy atom. The molecule has 0 amide bonds. The highest BCUT2D eigenvalue weighted by Gasteiger charge is 2.21. The Kier molecular flexibility index (Phi) is 3.06. The number of hydrogen-bond acceptors (Lipinski definition) is 7. The van der Waals surface area contributed by atoms with E-state index in [1.54, 1.807) is 0 Å². The molecule has 10 nitrogen and oxygen atoms in total. The highest BCUT2D eigenvalue weighted by Crippen LogP contribution is 2.24. The lowest BCUT2D eigenvalue weighted by molar-refractivity contribution is -0.394. The summed E-state index contributed by atoms with van der Waals surface area (Å²) in [7, 11) is 1.41. The number of ether oxygens (including phenoxy) is 1. The maximum Gasteiger partial charge on any atom is 0.494 e. The van der Waals surface area contributed by atoms with Crippen LogP contribution in [0.4, 0.5) is 11.6 Å². The first-order valence-corrected chi connectivity index (χ1v) is 4.95. The number of non-ortho nitro benzene ring substituents is 1. The molecule has 1 aromatic heterocycles. The van der Waals surface area contributed by atoms with Crippen molar-refractivity contribution in [2.45, 2.75) is 0 Å². The van der Waals surface area contributed by atoms with E-state index in [2.05, 4.69) is 10.1 Å². The second kappa shape index (κ2) is 4.68. The molecule has 0 aliphatic carbocycles. The summed E-state index contributed by atoms with van der Waals surface area (Å²) in [6.07, 6.45) is 0. The van der Waals surface area contributed by atoms with Crippen LogP contribution in [0.2, 0.25) is 0 Å². The zero-order chi connectivity index (χ0) is 14.0. The summed E-state index contributed by atoms with van der Waals surface area (Å²) < 4.78 is 6.28. The molecule has 2 rings (SSSR count). The van der Waals surface area contributed by atoms with Gasteiger partial charge in [-0.1, -0.05) is 6.07 Å². The maximum atomic E-state index is 10.6. The van der Waals surface area contributed by atoms with Gasteiger partial charge in [-0.25, -0.2) is 0 Å². The third-order valence-corrected chi connectivity index (χ3v) is 2.11. The average molecular weight is 265 g/mol. The molecule has 0 saturated heterocycles. The van der Waals surface area contributed by atoms with Crippen molar-refractivity contribution in [3.05, 3.63) is 44.5 Å². The molecule has 0 aliphatic rings. The summed E-state index contributed by atoms with van der Waals surface area (Å²) >= 11 is 0. The third kappa shape index (κ3) is 2.62. The Bertz CT molecular complexity index is 652. The smallest absolute Gasteiger partial charge is 0.411 e. The van der Waals surface area contributed by atoms with Gasteiger partial charge in [-0.3, -0.25) is 10.1 Å². The Hall–Kier alpha value is -3.04. The fourth-order valence-electron chi connectivity index (χ4n) is 1.29. The minimum atomic E-state index is -0.764. The van der Waals surface area contributed by atoms with Crippen molar-refractivity contribution in [3.8, 4) is 11.8 Å². The van der Waals surface area contributed by atoms with E-state index in [1.807, 2.05) is 0 Å². The van der Waals surface area contributed by atoms with Gasteiger partial charge in [0.25, 0.3) is 5.69 Å². The molecule has 0 radical (unpaired) electrons. The highest BCUT2D eigenvalue weighted by atomic mass is 16.6. The Morgan fingerprint density at radius 1 is 1.26 bits per heavy atom. The molecule has 0 atom stereocenters. The number of nitrogens with zero attached hydrogens (tertiary/aromatic N) is 5. The van der Waals surface area contributed by atoms with Crippen LogP contribution in [0.5, 0.6) is 11.8 Å². The van der Waals surface area contributed by atoms with E-state index in [1.165, 1.54) is 31.3 Å². The van der Waals surface area contributed by atoms with Gasteiger partial charge in [0.15, 0.2) is 0 Å². The van der Waals surface area contributed by atoms with E-state index < -0.39 is 15.8 Å². The topological polar surface area (TPSA) is 126 Å². The second-order valence-corrected chi connectivity index (χ2v) is 3.43. The number of aryl methyl sites for hydroxylation is 1. The standard InChI is InChI=1S/C9H7N5O5/c1-12-9(10-8(11-12)14(17)18)19-7-4-2-3-6(5-7)13(15)16/h2-5H,1H3. The quantitative estimate of drug-likeness (QED) is 0.604. The van der Waals surface area contributed by atoms with Gasteiger partial charge in [-0.15, -0.1) is 4.68 Å². The minimum absolute atomic E-state index is 0.132. The zero-order valence-corrected chi connectivity index (χ0v) is 9.59. The van der Waals surface area contributed by atoms with Gasteiger partial charge in [0.1, 0.15) is 5.75 Å². The van der Waals surface area contributed by atoms with Crippen LogP contribution < -0.4 is 4.74 Å². The summed E-state index contributed by atoms with van der Waals surface area (Å²) in [5, 5.41) is 24.6. The van der Waals surface area contributed by atoms with Gasteiger partial charge in [0, 0.05) is 11.2 Å². The fourth-order valence-corrected chi connectivity index (χ4v) is 1.29. The summed E-state index contributed by atoms with van der Waals surface area (Å²) in [4.78, 5) is 23.3. The first-order chi connectivity index (χ1) is 8.97. The SMILES string of the molecule is Cn1nc([N+](=O)[O-])nc1Oc1cccc([N+](=O)[O-])c1. The van der Waals surface area contributed by atoms with E-state index in [-0.39, 0.29) is 17.4 Å². The van der Waals surface area contributed by atoms with E-state index in [9.17, 15) is 20.2 Å². The molecule has 1 aromatic carbocycles. The Labute approximate surface area is 105 Å². The van der Waals surface area contributed by atoms with Crippen molar-refractivity contribution in [1.29, 1.82) is 0 Å². The number of nitro benzene ring substituents is 1. The Balaban J connectivity index is 2.28. The zero-order valence-electron chi connectivity index (χ0n) is 9.59. The number of nitro groups is 2. The van der Waals surface area contributed by atoms with Gasteiger partial charge in [-0.2, -0.15) is 0 Å². The largest absolute Gasteiger partial charge is 0.494 e. The highest BCUT2D eigenvalue weighted by molar-refractivity contribution is 5.39. The molecule has 0 spiro atoms. The number of benzene rings is 1. The number of rotatable bonds is 4. The van der Waals surface area contributed by atoms with E-state index in [4.69, 9.17) is 4.74 Å². The monoisotopic (exact) mass is 265 g/mol. The molecule has 0 fully saturated rings. The van der Waals surface area contributed by atoms with Gasteiger partial charge >= 0.3 is 12.0 Å². The minimum Gasteiger partial charge on any atom is -0.411 e. The van der Waals surface area contributed by atoms with Crippen LogP contribution in [0.1, 0.15) is 0 Å². The predicted molar refractivity (Wildman–Crippen MR) is 60.8 cm³/mol. The van der Waals surface area contributed by atoms with Crippen molar-refractivity contribution in [1.82, 2.24) is 14.8 Å². The van der Waals surface area contributed by atoms with Crippen molar-refractivity contribution >= 4 is 11.6 Å². The lowest BCUT2D eigenvalue weighted by atomic mass is 10.3. The summed E-state index contributed by atoms with van der Waals surface area (Å²) in [5.74, 6) is -0.470. The first kappa shape index (κ1) is 12.4. The van der Waals surface area contributed by atoms with Crippen molar-refractivity contribution in [2.24, 2.45) is 7.05 Å². The maximum absolute atomic E-state index is 10.6. The Morgan fingerprint density at radius 2 is 2.00 bits per heavy atom. The molecule has 1 heterocycles. The van der Waals surface area contributed by atoms with Crippen LogP contribution in [0.15, 0.2) is 24.3 Å². The average Bonchev–Trinajstić information content (AvgIpc) is 2.71.